The number of anilines is 1. The van der Waals surface area contributed by atoms with Gasteiger partial charge in [-0.15, -0.1) is 5.06 Å². The van der Waals surface area contributed by atoms with E-state index in [0.29, 0.717) is 30.9 Å². The normalized spacial score (nSPS) is 19.1. The van der Waals surface area contributed by atoms with Gasteiger partial charge in [-0.1, -0.05) is 56.3 Å². The Labute approximate surface area is 283 Å². The van der Waals surface area contributed by atoms with Crippen LogP contribution in [0.3, 0.4) is 0 Å². The van der Waals surface area contributed by atoms with E-state index in [2.05, 4.69) is 85.7 Å². The third-order valence-electron chi connectivity index (χ3n) is 9.60. The number of nitrogens with zero attached hydrogens (tertiary/aromatic N) is 3. The van der Waals surface area contributed by atoms with Crippen molar-refractivity contribution in [2.45, 2.75) is 89.9 Å². The minimum absolute atomic E-state index is 0.0769. The second-order valence-corrected chi connectivity index (χ2v) is 15.3. The highest BCUT2D eigenvalue weighted by molar-refractivity contribution is 7.85. The molecule has 0 aromatic heterocycles. The maximum absolute atomic E-state index is 12.3. The Morgan fingerprint density at radius 1 is 0.896 bits per heavy atom. The Balaban J connectivity index is 1.32. The summed E-state index contributed by atoms with van der Waals surface area (Å²) in [7, 11) is -4.00. The number of amides is 2. The van der Waals surface area contributed by atoms with Crippen LogP contribution in [0.4, 0.5) is 11.4 Å². The fraction of sp³-hybridized carbons (Fsp3) is 0.459. The van der Waals surface area contributed by atoms with Gasteiger partial charge in [-0.2, -0.15) is 13.0 Å². The first-order chi connectivity index (χ1) is 22.7. The summed E-state index contributed by atoms with van der Waals surface area (Å²) >= 11 is 0. The molecule has 10 nitrogen and oxygen atoms in total. The van der Waals surface area contributed by atoms with Gasteiger partial charge < -0.3 is 9.74 Å². The molecule has 0 unspecified atom stereocenters. The zero-order chi connectivity index (χ0) is 34.7. The van der Waals surface area contributed by atoms with E-state index in [1.165, 1.54) is 16.8 Å². The highest BCUT2D eigenvalue weighted by atomic mass is 32.2. The lowest BCUT2D eigenvalue weighted by Crippen LogP contribution is -2.31. The zero-order valence-electron chi connectivity index (χ0n) is 28.3. The molecule has 0 aliphatic carbocycles. The molecule has 3 aliphatic rings. The van der Waals surface area contributed by atoms with Crippen molar-refractivity contribution in [1.29, 1.82) is 0 Å². The first kappa shape index (κ1) is 35.2. The van der Waals surface area contributed by atoms with Gasteiger partial charge in [0, 0.05) is 66.7 Å². The number of hydrogen-bond donors (Lipinski definition) is 1. The average molecular weight is 677 g/mol. The summed E-state index contributed by atoms with van der Waals surface area (Å²) in [5, 5.41) is 0.600. The summed E-state index contributed by atoms with van der Waals surface area (Å²) < 4.78 is 34.2. The summed E-state index contributed by atoms with van der Waals surface area (Å²) in [5.74, 6) is -1.77. The van der Waals surface area contributed by atoms with Crippen LogP contribution >= 0.6 is 0 Å². The van der Waals surface area contributed by atoms with Crippen molar-refractivity contribution in [3.8, 4) is 0 Å². The van der Waals surface area contributed by atoms with E-state index in [0.717, 1.165) is 36.5 Å². The Morgan fingerprint density at radius 3 is 2.27 bits per heavy atom. The van der Waals surface area contributed by atoms with Crippen molar-refractivity contribution in [3.05, 3.63) is 83.6 Å². The standard InChI is InChI=1S/C37H45N3O7S/c1-36(2)27-15-7-9-17-29(27)38(24-11-5-6-21-35(43)47-40-33(41)22-23-34(40)42)31(36)19-14-20-32-37(3,4)28-16-8-10-18-30(28)39(32)25-12-13-26-48(44,45)46/h7-10,14-20H,5-6,11-13,21-26H2,1-4H3/p+1. The molecular formula is C37H46N3O7S+. The van der Waals surface area contributed by atoms with Crippen LogP contribution in [0.1, 0.15) is 90.2 Å². The summed E-state index contributed by atoms with van der Waals surface area (Å²) in [6.45, 7) is 10.3. The monoisotopic (exact) mass is 676 g/mol. The molecule has 256 valence electrons. The minimum atomic E-state index is -4.00. The van der Waals surface area contributed by atoms with E-state index in [-0.39, 0.29) is 35.8 Å². The smallest absolute Gasteiger partial charge is 0.333 e. The molecule has 0 spiro atoms. The summed E-state index contributed by atoms with van der Waals surface area (Å²) in [6, 6.07) is 16.7. The molecule has 2 amide bonds. The lowest BCUT2D eigenvalue weighted by atomic mass is 9.81. The van der Waals surface area contributed by atoms with Gasteiger partial charge in [-0.25, -0.2) is 4.79 Å². The van der Waals surface area contributed by atoms with Crippen molar-refractivity contribution in [2.75, 3.05) is 23.7 Å². The highest BCUT2D eigenvalue weighted by Gasteiger charge is 2.44. The van der Waals surface area contributed by atoms with E-state index in [1.54, 1.807) is 0 Å². The number of hydrogen-bond acceptors (Lipinski definition) is 7. The van der Waals surface area contributed by atoms with Crippen LogP contribution in [0.5, 0.6) is 0 Å². The molecule has 3 heterocycles. The number of imide groups is 1. The van der Waals surface area contributed by atoms with Gasteiger partial charge in [0.15, 0.2) is 5.71 Å². The van der Waals surface area contributed by atoms with Crippen LogP contribution in [0.25, 0.3) is 0 Å². The minimum Gasteiger partial charge on any atom is -0.344 e. The second-order valence-electron chi connectivity index (χ2n) is 13.7. The molecule has 0 saturated carbocycles. The molecule has 5 rings (SSSR count). The third kappa shape index (κ3) is 7.47. The molecule has 1 saturated heterocycles. The highest BCUT2D eigenvalue weighted by Crippen LogP contribution is 2.48. The van der Waals surface area contributed by atoms with E-state index in [1.807, 2.05) is 18.2 Å². The molecule has 3 aliphatic heterocycles. The first-order valence-electron chi connectivity index (χ1n) is 16.7. The van der Waals surface area contributed by atoms with Crippen LogP contribution in [0.15, 0.2) is 72.5 Å². The van der Waals surface area contributed by atoms with Crippen molar-refractivity contribution >= 4 is 45.0 Å². The van der Waals surface area contributed by atoms with E-state index in [4.69, 9.17) is 4.84 Å². The Kier molecular flexibility index (Phi) is 10.4. The number of rotatable bonds is 14. The number of allylic oxidation sites excluding steroid dienone is 4. The quantitative estimate of drug-likeness (QED) is 0.110. The van der Waals surface area contributed by atoms with Crippen molar-refractivity contribution in [2.24, 2.45) is 0 Å². The Morgan fingerprint density at radius 2 is 1.56 bits per heavy atom. The van der Waals surface area contributed by atoms with Gasteiger partial charge in [0.1, 0.15) is 6.54 Å². The van der Waals surface area contributed by atoms with Crippen molar-refractivity contribution < 1.29 is 36.8 Å². The van der Waals surface area contributed by atoms with E-state index >= 15 is 0 Å². The maximum Gasteiger partial charge on any atom is 0.333 e. The first-order valence-corrected chi connectivity index (χ1v) is 18.3. The SMILES string of the molecule is CC1(C)C(/C=C/C=C2/N(CCCCS(=O)(=O)O)c3ccccc3C2(C)C)=[N+](CCCCCC(=O)ON2C(=O)CCC2=O)c2ccccc21. The molecule has 0 bridgehead atoms. The Hall–Kier alpha value is -4.09. The van der Waals surface area contributed by atoms with Crippen LogP contribution < -0.4 is 4.90 Å². The molecule has 0 radical (unpaired) electrons. The topological polar surface area (TPSA) is 124 Å². The molecular weight excluding hydrogens is 630 g/mol. The predicted octanol–water partition coefficient (Wildman–Crippen LogP) is 6.14. The fourth-order valence-corrected chi connectivity index (χ4v) is 7.64. The Bertz CT molecular complexity index is 1770. The summed E-state index contributed by atoms with van der Waals surface area (Å²) in [4.78, 5) is 43.0. The van der Waals surface area contributed by atoms with Crippen LogP contribution in [-0.4, -0.2) is 64.9 Å². The van der Waals surface area contributed by atoms with Crippen LogP contribution in [-0.2, 0) is 40.2 Å². The van der Waals surface area contributed by atoms with Gasteiger partial charge in [0.2, 0.25) is 5.69 Å². The summed E-state index contributed by atoms with van der Waals surface area (Å²) in [6.07, 6.45) is 9.92. The maximum atomic E-state index is 12.3. The largest absolute Gasteiger partial charge is 0.344 e. The molecule has 11 heteroatoms. The predicted molar refractivity (Wildman–Crippen MR) is 185 cm³/mol. The van der Waals surface area contributed by atoms with Crippen LogP contribution in [0, 0.1) is 0 Å². The van der Waals surface area contributed by atoms with Gasteiger partial charge in [-0.05, 0) is 57.2 Å². The molecule has 2 aromatic carbocycles. The van der Waals surface area contributed by atoms with E-state index in [9.17, 15) is 27.4 Å². The molecule has 1 N–H and O–H groups in total. The summed E-state index contributed by atoms with van der Waals surface area (Å²) in [5.41, 5.74) is 6.51. The molecule has 2 aromatic rings. The number of unbranched alkanes of at least 4 members (excludes halogenated alkanes) is 3. The molecule has 48 heavy (non-hydrogen) atoms. The number of para-hydroxylation sites is 2. The van der Waals surface area contributed by atoms with Gasteiger partial charge in [0.25, 0.3) is 21.9 Å². The number of carbonyl (C=O) groups is 3. The molecule has 0 atom stereocenters. The van der Waals surface area contributed by atoms with Gasteiger partial charge >= 0.3 is 5.97 Å². The van der Waals surface area contributed by atoms with Crippen molar-refractivity contribution in [3.63, 3.8) is 0 Å². The molecule has 1 fully saturated rings. The zero-order valence-corrected chi connectivity index (χ0v) is 29.1. The van der Waals surface area contributed by atoms with Crippen LogP contribution in [0.2, 0.25) is 0 Å². The number of benzene rings is 2. The lowest BCUT2D eigenvalue weighted by Gasteiger charge is -2.27. The lowest BCUT2D eigenvalue weighted by molar-refractivity contribution is -0.438. The van der Waals surface area contributed by atoms with E-state index < -0.39 is 27.9 Å². The van der Waals surface area contributed by atoms with Crippen molar-refractivity contribution in [1.82, 2.24) is 5.06 Å². The van der Waals surface area contributed by atoms with Gasteiger partial charge in [-0.3, -0.25) is 14.1 Å². The third-order valence-corrected chi connectivity index (χ3v) is 10.4. The average Bonchev–Trinajstić information content (AvgIpc) is 3.54. The second kappa shape index (κ2) is 14.2. The number of fused-ring (bicyclic) bond motifs is 2. The number of carbonyl (C=O) groups excluding carboxylic acids is 3. The van der Waals surface area contributed by atoms with Gasteiger partial charge in [0.05, 0.1) is 11.2 Å². The fourth-order valence-electron chi connectivity index (χ4n) is 7.07. The number of hydroxylamine groups is 2.